The van der Waals surface area contributed by atoms with Gasteiger partial charge in [-0.3, -0.25) is 14.6 Å². The number of aromatic nitrogens is 1. The Bertz CT molecular complexity index is 1250. The average molecular weight is 477 g/mol. The van der Waals surface area contributed by atoms with E-state index in [2.05, 4.69) is 39.6 Å². The first-order valence-electron chi connectivity index (χ1n) is 12.1. The van der Waals surface area contributed by atoms with Crippen molar-refractivity contribution in [1.82, 2.24) is 20.1 Å². The van der Waals surface area contributed by atoms with Gasteiger partial charge in [-0.05, 0) is 56.5 Å². The molecule has 2 aliphatic rings. The number of piperidine rings is 1. The summed E-state index contributed by atoms with van der Waals surface area (Å²) in [6, 6.07) is 13.5. The highest BCUT2D eigenvalue weighted by Gasteiger charge is 2.52. The number of fused-ring (bicyclic) bond motifs is 1. The number of carbonyl (C=O) groups excluding carboxylic acids is 2. The predicted octanol–water partition coefficient (Wildman–Crippen LogP) is 3.91. The molecule has 0 radical (unpaired) electrons. The molecule has 2 N–H and O–H groups in total. The van der Waals surface area contributed by atoms with Crippen LogP contribution in [0.1, 0.15) is 30.9 Å². The van der Waals surface area contributed by atoms with Crippen molar-refractivity contribution in [3.05, 3.63) is 59.8 Å². The Labute approximate surface area is 205 Å². The van der Waals surface area contributed by atoms with Crippen molar-refractivity contribution in [2.24, 2.45) is 5.92 Å². The molecular weight excluding hydrogens is 444 g/mol. The second kappa shape index (κ2) is 9.26. The van der Waals surface area contributed by atoms with Crippen LogP contribution in [0.4, 0.5) is 4.79 Å². The van der Waals surface area contributed by atoms with Gasteiger partial charge in [-0.2, -0.15) is 0 Å². The number of H-pyrrole nitrogens is 1. The molecule has 2 fully saturated rings. The number of hydrogen-bond acceptors (Lipinski definition) is 5. The van der Waals surface area contributed by atoms with Gasteiger partial charge in [-0.15, -0.1) is 0 Å². The van der Waals surface area contributed by atoms with Gasteiger partial charge in [-0.25, -0.2) is 4.79 Å². The number of rotatable bonds is 7. The van der Waals surface area contributed by atoms with Gasteiger partial charge in [0.15, 0.2) is 11.5 Å². The molecule has 0 bridgehead atoms. The van der Waals surface area contributed by atoms with Crippen molar-refractivity contribution in [3.63, 3.8) is 0 Å². The third kappa shape index (κ3) is 4.12. The third-order valence-corrected chi connectivity index (χ3v) is 7.59. The zero-order chi connectivity index (χ0) is 24.6. The van der Waals surface area contributed by atoms with E-state index in [0.717, 1.165) is 43.6 Å². The summed E-state index contributed by atoms with van der Waals surface area (Å²) >= 11 is 0. The van der Waals surface area contributed by atoms with Gasteiger partial charge in [-0.1, -0.05) is 30.3 Å². The molecule has 0 aliphatic carbocycles. The maximum Gasteiger partial charge on any atom is 0.325 e. The maximum atomic E-state index is 13.5. The van der Waals surface area contributed by atoms with E-state index in [9.17, 15) is 9.59 Å². The number of para-hydroxylation sites is 2. The molecule has 0 saturated carbocycles. The Kier molecular flexibility index (Phi) is 6.15. The van der Waals surface area contributed by atoms with Gasteiger partial charge in [0.2, 0.25) is 0 Å². The van der Waals surface area contributed by atoms with Crippen LogP contribution in [-0.2, 0) is 17.9 Å². The van der Waals surface area contributed by atoms with E-state index in [1.54, 1.807) is 20.3 Å². The minimum absolute atomic E-state index is 0.0790. The Hall–Kier alpha value is -3.52. The zero-order valence-electron chi connectivity index (χ0n) is 20.5. The Morgan fingerprint density at radius 1 is 0.971 bits per heavy atom. The van der Waals surface area contributed by atoms with E-state index in [4.69, 9.17) is 9.47 Å². The lowest BCUT2D eigenvalue weighted by atomic mass is 9.79. The number of hydrogen-bond donors (Lipinski definition) is 2. The van der Waals surface area contributed by atoms with Crippen LogP contribution >= 0.6 is 0 Å². The largest absolute Gasteiger partial charge is 0.493 e. The molecule has 1 atom stereocenters. The number of methoxy groups -OCH3 is 2. The first kappa shape index (κ1) is 23.2. The highest BCUT2D eigenvalue weighted by molar-refractivity contribution is 6.07. The molecular formula is C27H32N4O4. The molecule has 5 rings (SSSR count). The van der Waals surface area contributed by atoms with Gasteiger partial charge in [0.05, 0.1) is 20.8 Å². The van der Waals surface area contributed by atoms with Gasteiger partial charge in [0, 0.05) is 29.2 Å². The van der Waals surface area contributed by atoms with Crippen molar-refractivity contribution in [1.29, 1.82) is 0 Å². The number of nitrogens with zero attached hydrogens (tertiary/aromatic N) is 2. The molecule has 2 saturated heterocycles. The minimum Gasteiger partial charge on any atom is -0.493 e. The molecule has 3 amide bonds. The lowest BCUT2D eigenvalue weighted by Gasteiger charge is -2.38. The van der Waals surface area contributed by atoms with E-state index in [1.165, 1.54) is 15.8 Å². The number of amides is 3. The highest BCUT2D eigenvalue weighted by Crippen LogP contribution is 2.37. The zero-order valence-corrected chi connectivity index (χ0v) is 20.5. The Morgan fingerprint density at radius 2 is 1.74 bits per heavy atom. The monoisotopic (exact) mass is 476 g/mol. The lowest BCUT2D eigenvalue weighted by Crippen LogP contribution is -2.53. The number of carbonyl (C=O) groups is 2. The molecule has 3 aromatic rings. The van der Waals surface area contributed by atoms with E-state index >= 15 is 0 Å². The molecule has 8 nitrogen and oxygen atoms in total. The van der Waals surface area contributed by atoms with Crippen LogP contribution in [0.3, 0.4) is 0 Å². The van der Waals surface area contributed by atoms with Crippen LogP contribution in [0.2, 0.25) is 0 Å². The minimum atomic E-state index is -0.907. The summed E-state index contributed by atoms with van der Waals surface area (Å²) in [5, 5.41) is 4.27. The number of benzene rings is 2. The van der Waals surface area contributed by atoms with E-state index in [-0.39, 0.29) is 24.4 Å². The van der Waals surface area contributed by atoms with Crippen LogP contribution < -0.4 is 14.8 Å². The maximum absolute atomic E-state index is 13.5. The SMILES string of the molecule is COc1cccc(CN2C(=O)N[C@@](C)(C3CCN(Cc4c[nH]c5ccccc45)CC3)C2=O)c1OC. The van der Waals surface area contributed by atoms with Crippen LogP contribution in [0.5, 0.6) is 11.5 Å². The van der Waals surface area contributed by atoms with Gasteiger partial charge in [0.1, 0.15) is 5.54 Å². The summed E-state index contributed by atoms with van der Waals surface area (Å²) in [6.45, 7) is 4.64. The van der Waals surface area contributed by atoms with Crippen molar-refractivity contribution in [2.45, 2.75) is 38.4 Å². The highest BCUT2D eigenvalue weighted by atomic mass is 16.5. The van der Waals surface area contributed by atoms with Crippen LogP contribution in [0.25, 0.3) is 10.9 Å². The van der Waals surface area contributed by atoms with E-state index in [1.807, 2.05) is 25.1 Å². The lowest BCUT2D eigenvalue weighted by molar-refractivity contribution is -0.133. The van der Waals surface area contributed by atoms with Crippen molar-refractivity contribution in [2.75, 3.05) is 27.3 Å². The average Bonchev–Trinajstić information content (AvgIpc) is 3.38. The molecule has 8 heteroatoms. The summed E-state index contributed by atoms with van der Waals surface area (Å²) in [5.74, 6) is 1.01. The van der Waals surface area contributed by atoms with Gasteiger partial charge in [0.25, 0.3) is 5.91 Å². The summed E-state index contributed by atoms with van der Waals surface area (Å²) < 4.78 is 10.9. The topological polar surface area (TPSA) is 86.9 Å². The van der Waals surface area contributed by atoms with Crippen molar-refractivity contribution >= 4 is 22.8 Å². The Morgan fingerprint density at radius 3 is 2.49 bits per heavy atom. The van der Waals surface area contributed by atoms with Crippen LogP contribution in [-0.4, -0.2) is 59.6 Å². The third-order valence-electron chi connectivity index (χ3n) is 7.59. The molecule has 3 heterocycles. The fourth-order valence-electron chi connectivity index (χ4n) is 5.56. The second-order valence-corrected chi connectivity index (χ2v) is 9.59. The standard InChI is InChI=1S/C27H32N4O4/c1-27(20-11-13-30(14-12-20)16-19-15-28-22-9-5-4-8-21(19)22)25(32)31(26(33)29-27)17-18-7-6-10-23(34-2)24(18)35-3/h4-10,15,20,28H,11-14,16-17H2,1-3H3,(H,29,33)/t27-/m0/s1. The normalized spacial score (nSPS) is 21.5. The number of imide groups is 1. The number of likely N-dealkylation sites (tertiary alicyclic amines) is 1. The number of aromatic amines is 1. The summed E-state index contributed by atoms with van der Waals surface area (Å²) in [5.41, 5.74) is 2.26. The Balaban J connectivity index is 1.25. The number of nitrogens with one attached hydrogen (secondary N) is 2. The molecule has 0 unspecified atom stereocenters. The number of urea groups is 1. The fraction of sp³-hybridized carbons (Fsp3) is 0.407. The molecule has 0 spiro atoms. The van der Waals surface area contributed by atoms with Crippen molar-refractivity contribution in [3.8, 4) is 11.5 Å². The molecule has 2 aliphatic heterocycles. The molecule has 1 aromatic heterocycles. The molecule has 184 valence electrons. The van der Waals surface area contributed by atoms with Crippen LogP contribution in [0.15, 0.2) is 48.7 Å². The van der Waals surface area contributed by atoms with Crippen LogP contribution in [0, 0.1) is 5.92 Å². The summed E-state index contributed by atoms with van der Waals surface area (Å²) in [6.07, 6.45) is 3.78. The fourth-order valence-corrected chi connectivity index (χ4v) is 5.56. The first-order valence-corrected chi connectivity index (χ1v) is 12.1. The summed E-state index contributed by atoms with van der Waals surface area (Å²) in [4.78, 5) is 33.5. The second-order valence-electron chi connectivity index (χ2n) is 9.59. The van der Waals surface area contributed by atoms with E-state index in [0.29, 0.717) is 11.5 Å². The molecule has 2 aromatic carbocycles. The van der Waals surface area contributed by atoms with Gasteiger partial charge < -0.3 is 19.8 Å². The quantitative estimate of drug-likeness (QED) is 0.505. The molecule has 35 heavy (non-hydrogen) atoms. The summed E-state index contributed by atoms with van der Waals surface area (Å²) in [7, 11) is 3.12. The predicted molar refractivity (Wildman–Crippen MR) is 133 cm³/mol. The smallest absolute Gasteiger partial charge is 0.325 e. The van der Waals surface area contributed by atoms with Gasteiger partial charge >= 0.3 is 6.03 Å². The number of ether oxygens (including phenoxy) is 2. The van der Waals surface area contributed by atoms with Crippen molar-refractivity contribution < 1.29 is 19.1 Å². The first-order chi connectivity index (χ1) is 16.9. The van der Waals surface area contributed by atoms with E-state index < -0.39 is 5.54 Å².